The lowest BCUT2D eigenvalue weighted by molar-refractivity contribution is -0.113. The van der Waals surface area contributed by atoms with Crippen LogP contribution in [0.1, 0.15) is 0 Å². The lowest BCUT2D eigenvalue weighted by atomic mass is 10.2. The second-order valence-corrected chi connectivity index (χ2v) is 5.76. The first-order valence-corrected chi connectivity index (χ1v) is 7.89. The molecule has 1 N–H and O–H groups in total. The number of halogens is 1. The summed E-state index contributed by atoms with van der Waals surface area (Å²) in [5.41, 5.74) is 0.576. The molecule has 0 aliphatic heterocycles. The molecule has 0 spiro atoms. The number of carbonyl (C=O) groups excluding carboxylic acids is 1. The summed E-state index contributed by atoms with van der Waals surface area (Å²) in [6.45, 7) is 0. The minimum atomic E-state index is -0.142. The van der Waals surface area contributed by atoms with Crippen LogP contribution in [0, 0.1) is 0 Å². The molecule has 0 bridgehead atoms. The molecule has 0 aliphatic carbocycles. The first-order chi connectivity index (χ1) is 10.6. The Morgan fingerprint density at radius 1 is 1.18 bits per heavy atom. The lowest BCUT2D eigenvalue weighted by Crippen LogP contribution is -2.14. The van der Waals surface area contributed by atoms with Gasteiger partial charge in [0.2, 0.25) is 5.91 Å². The number of hydrogen-bond donors (Lipinski definition) is 1. The van der Waals surface area contributed by atoms with Crippen LogP contribution in [0.15, 0.2) is 47.4 Å². The molecule has 22 heavy (non-hydrogen) atoms. The third kappa shape index (κ3) is 4.32. The molecule has 2 rings (SSSR count). The van der Waals surface area contributed by atoms with Crippen molar-refractivity contribution in [2.24, 2.45) is 0 Å². The quantitative estimate of drug-likeness (QED) is 0.806. The second-order valence-electron chi connectivity index (χ2n) is 4.33. The summed E-state index contributed by atoms with van der Waals surface area (Å²) < 4.78 is 10.4. The molecule has 0 radical (unpaired) electrons. The van der Waals surface area contributed by atoms with E-state index in [9.17, 15) is 4.79 Å². The number of rotatable bonds is 6. The van der Waals surface area contributed by atoms with Crippen molar-refractivity contribution in [1.82, 2.24) is 0 Å². The molecule has 6 heteroatoms. The minimum absolute atomic E-state index is 0.142. The van der Waals surface area contributed by atoms with Crippen molar-refractivity contribution in [3.05, 3.63) is 47.5 Å². The number of benzene rings is 2. The molecule has 0 aromatic heterocycles. The van der Waals surface area contributed by atoms with Crippen molar-refractivity contribution in [2.45, 2.75) is 4.90 Å². The van der Waals surface area contributed by atoms with Gasteiger partial charge >= 0.3 is 0 Å². The largest absolute Gasteiger partial charge is 0.497 e. The summed E-state index contributed by atoms with van der Waals surface area (Å²) in [5.74, 6) is 1.34. The number of thioether (sulfide) groups is 1. The van der Waals surface area contributed by atoms with Crippen molar-refractivity contribution in [3.63, 3.8) is 0 Å². The van der Waals surface area contributed by atoms with Gasteiger partial charge in [0.05, 0.1) is 30.7 Å². The first-order valence-electron chi connectivity index (χ1n) is 6.53. The Hall–Kier alpha value is -1.85. The van der Waals surface area contributed by atoms with Crippen molar-refractivity contribution in [1.29, 1.82) is 0 Å². The summed E-state index contributed by atoms with van der Waals surface area (Å²) in [6.07, 6.45) is 0. The van der Waals surface area contributed by atoms with Gasteiger partial charge in [-0.3, -0.25) is 4.79 Å². The van der Waals surface area contributed by atoms with E-state index >= 15 is 0 Å². The highest BCUT2D eigenvalue weighted by molar-refractivity contribution is 8.00. The number of ether oxygens (including phenoxy) is 2. The van der Waals surface area contributed by atoms with E-state index in [1.165, 1.54) is 11.8 Å². The van der Waals surface area contributed by atoms with Crippen molar-refractivity contribution in [3.8, 4) is 11.5 Å². The molecule has 0 saturated heterocycles. The van der Waals surface area contributed by atoms with Gasteiger partial charge in [-0.25, -0.2) is 0 Å². The smallest absolute Gasteiger partial charge is 0.234 e. The van der Waals surface area contributed by atoms with Gasteiger partial charge in [0.15, 0.2) is 0 Å². The van der Waals surface area contributed by atoms with Gasteiger partial charge in [-0.2, -0.15) is 0 Å². The number of methoxy groups -OCH3 is 2. The maximum absolute atomic E-state index is 12.1. The maximum Gasteiger partial charge on any atom is 0.234 e. The zero-order valence-electron chi connectivity index (χ0n) is 12.3. The highest BCUT2D eigenvalue weighted by Crippen LogP contribution is 2.30. The summed E-state index contributed by atoms with van der Waals surface area (Å²) >= 11 is 7.45. The van der Waals surface area contributed by atoms with Crippen LogP contribution in [0.3, 0.4) is 0 Å². The van der Waals surface area contributed by atoms with E-state index in [2.05, 4.69) is 5.32 Å². The van der Waals surface area contributed by atoms with E-state index < -0.39 is 0 Å². The Kier molecular flexibility index (Phi) is 5.98. The molecular formula is C16H16ClNO3S. The third-order valence-corrected chi connectivity index (χ3v) is 4.39. The average Bonchev–Trinajstić information content (AvgIpc) is 2.54. The minimum Gasteiger partial charge on any atom is -0.497 e. The monoisotopic (exact) mass is 337 g/mol. The molecule has 116 valence electrons. The van der Waals surface area contributed by atoms with Gasteiger partial charge in [-0.15, -0.1) is 11.8 Å². The van der Waals surface area contributed by atoms with Crippen LogP contribution in [-0.4, -0.2) is 25.9 Å². The standard InChI is InChI=1S/C16H16ClNO3S/c1-20-11-7-8-14(21-2)13(9-11)18-16(19)10-22-15-6-4-3-5-12(15)17/h3-9H,10H2,1-2H3,(H,18,19). The van der Waals surface area contributed by atoms with Gasteiger partial charge < -0.3 is 14.8 Å². The molecule has 0 fully saturated rings. The number of hydrogen-bond acceptors (Lipinski definition) is 4. The van der Waals surface area contributed by atoms with Crippen molar-refractivity contribution >= 4 is 35.0 Å². The third-order valence-electron chi connectivity index (χ3n) is 2.88. The molecule has 0 unspecified atom stereocenters. The van der Waals surface area contributed by atoms with Gasteiger partial charge in [0, 0.05) is 11.0 Å². The Morgan fingerprint density at radius 3 is 2.64 bits per heavy atom. The van der Waals surface area contributed by atoms with Crippen LogP contribution in [0.2, 0.25) is 5.02 Å². The fraction of sp³-hybridized carbons (Fsp3) is 0.188. The molecule has 0 saturated carbocycles. The zero-order chi connectivity index (χ0) is 15.9. The normalized spacial score (nSPS) is 10.1. The van der Waals surface area contributed by atoms with E-state index in [0.717, 1.165) is 4.90 Å². The second kappa shape index (κ2) is 7.96. The van der Waals surface area contributed by atoms with Gasteiger partial charge in [-0.05, 0) is 24.3 Å². The highest BCUT2D eigenvalue weighted by atomic mass is 35.5. The van der Waals surface area contributed by atoms with E-state index in [4.69, 9.17) is 21.1 Å². The van der Waals surface area contributed by atoms with Gasteiger partial charge in [0.1, 0.15) is 11.5 Å². The van der Waals surface area contributed by atoms with Crippen LogP contribution < -0.4 is 14.8 Å². The summed E-state index contributed by atoms with van der Waals surface area (Å²) in [7, 11) is 3.12. The Bertz CT molecular complexity index is 664. The molecule has 0 aliphatic rings. The summed E-state index contributed by atoms with van der Waals surface area (Å²) in [6, 6.07) is 12.7. The fourth-order valence-electron chi connectivity index (χ4n) is 1.80. The fourth-order valence-corrected chi connectivity index (χ4v) is 2.84. The number of carbonyl (C=O) groups is 1. The Labute approximate surface area is 138 Å². The molecule has 0 atom stereocenters. The first kappa shape index (κ1) is 16.5. The maximum atomic E-state index is 12.1. The van der Waals surface area contributed by atoms with E-state index in [0.29, 0.717) is 22.2 Å². The molecular weight excluding hydrogens is 322 g/mol. The van der Waals surface area contributed by atoms with E-state index in [1.807, 2.05) is 18.2 Å². The summed E-state index contributed by atoms with van der Waals surface area (Å²) in [4.78, 5) is 13.0. The van der Waals surface area contributed by atoms with Gasteiger partial charge in [-0.1, -0.05) is 23.7 Å². The molecule has 1 amide bonds. The zero-order valence-corrected chi connectivity index (χ0v) is 13.8. The average molecular weight is 338 g/mol. The van der Waals surface area contributed by atoms with Crippen LogP contribution in [-0.2, 0) is 4.79 Å². The van der Waals surface area contributed by atoms with E-state index in [-0.39, 0.29) is 11.7 Å². The van der Waals surface area contributed by atoms with Crippen LogP contribution >= 0.6 is 23.4 Å². The van der Waals surface area contributed by atoms with Crippen LogP contribution in [0.4, 0.5) is 5.69 Å². The molecule has 2 aromatic carbocycles. The number of amides is 1. The SMILES string of the molecule is COc1ccc(OC)c(NC(=O)CSc2ccccc2Cl)c1. The van der Waals surface area contributed by atoms with E-state index in [1.54, 1.807) is 38.5 Å². The number of anilines is 1. The Balaban J connectivity index is 2.01. The predicted octanol–water partition coefficient (Wildman–Crippen LogP) is 4.09. The molecule has 2 aromatic rings. The molecule has 4 nitrogen and oxygen atoms in total. The van der Waals surface area contributed by atoms with Crippen LogP contribution in [0.25, 0.3) is 0 Å². The van der Waals surface area contributed by atoms with Crippen molar-refractivity contribution in [2.75, 3.05) is 25.3 Å². The van der Waals surface area contributed by atoms with Gasteiger partial charge in [0.25, 0.3) is 0 Å². The Morgan fingerprint density at radius 2 is 1.95 bits per heavy atom. The van der Waals surface area contributed by atoms with Crippen LogP contribution in [0.5, 0.6) is 11.5 Å². The lowest BCUT2D eigenvalue weighted by Gasteiger charge is -2.11. The highest BCUT2D eigenvalue weighted by Gasteiger charge is 2.10. The topological polar surface area (TPSA) is 47.6 Å². The van der Waals surface area contributed by atoms with Crippen molar-refractivity contribution < 1.29 is 14.3 Å². The predicted molar refractivity (Wildman–Crippen MR) is 90.4 cm³/mol. The number of nitrogens with one attached hydrogen (secondary N) is 1. The summed E-state index contributed by atoms with van der Waals surface area (Å²) in [5, 5.41) is 3.46. The molecule has 0 heterocycles.